The van der Waals surface area contributed by atoms with Crippen LogP contribution in [0.3, 0.4) is 0 Å². The monoisotopic (exact) mass is 397 g/mol. The summed E-state index contributed by atoms with van der Waals surface area (Å²) in [6, 6.07) is 14.5. The van der Waals surface area contributed by atoms with Gasteiger partial charge in [-0.3, -0.25) is 5.32 Å². The third kappa shape index (κ3) is 3.62. The lowest BCUT2D eigenvalue weighted by Gasteiger charge is -2.04. The molecule has 0 bridgehead atoms. The number of rotatable bonds is 6. The van der Waals surface area contributed by atoms with Gasteiger partial charge in [-0.2, -0.15) is 4.98 Å². The van der Waals surface area contributed by atoms with E-state index in [1.165, 1.54) is 12.1 Å². The maximum atomic E-state index is 11.3. The summed E-state index contributed by atoms with van der Waals surface area (Å²) in [6.45, 7) is 2.77. The average molecular weight is 397 g/mol. The van der Waals surface area contributed by atoms with Gasteiger partial charge in [-0.25, -0.2) is 18.5 Å². The zero-order valence-electron chi connectivity index (χ0n) is 15.4. The van der Waals surface area contributed by atoms with Crippen LogP contribution in [0, 0.1) is 0 Å². The number of primary sulfonamides is 1. The normalized spacial score (nSPS) is 12.1. The minimum absolute atomic E-state index is 0.118. The van der Waals surface area contributed by atoms with Gasteiger partial charge < -0.3 is 4.42 Å². The number of aromatic nitrogens is 2. The molecule has 8 heteroatoms. The van der Waals surface area contributed by atoms with Crippen LogP contribution in [0.1, 0.15) is 18.3 Å². The Morgan fingerprint density at radius 1 is 1.07 bits per heavy atom. The van der Waals surface area contributed by atoms with Gasteiger partial charge in [0.05, 0.1) is 11.4 Å². The zero-order valence-corrected chi connectivity index (χ0v) is 16.2. The molecule has 7 nitrogen and oxygen atoms in total. The third-order valence-corrected chi connectivity index (χ3v) is 5.56. The summed E-state index contributed by atoms with van der Waals surface area (Å²) in [5.74, 6) is 1.57. The summed E-state index contributed by atoms with van der Waals surface area (Å²) in [5, 5.41) is 8.17. The van der Waals surface area contributed by atoms with Crippen molar-refractivity contribution in [1.29, 1.82) is 0 Å². The molecule has 0 fully saturated rings. The minimum atomic E-state index is -3.67. The van der Waals surface area contributed by atoms with E-state index in [1.54, 1.807) is 12.1 Å². The van der Waals surface area contributed by atoms with Crippen LogP contribution in [0.15, 0.2) is 57.8 Å². The molecule has 0 saturated carbocycles. The number of sulfonamides is 1. The number of aryl methyl sites for hydroxylation is 1. The first kappa shape index (κ1) is 18.5. The molecule has 0 aliphatic carbocycles. The molecule has 0 aliphatic heterocycles. The van der Waals surface area contributed by atoms with Crippen molar-refractivity contribution in [2.24, 2.45) is 5.14 Å². The van der Waals surface area contributed by atoms with Crippen molar-refractivity contribution < 1.29 is 18.2 Å². The van der Waals surface area contributed by atoms with Crippen LogP contribution >= 0.6 is 0 Å². The number of nitrogens with zero attached hydrogens (tertiary/aromatic N) is 2. The fraction of sp³-hybridized carbons (Fsp3) is 0.200. The summed E-state index contributed by atoms with van der Waals surface area (Å²) in [6.07, 6.45) is 1.49. The average Bonchev–Trinajstić information content (AvgIpc) is 3.06. The molecule has 2 aromatic heterocycles. The molecule has 0 aliphatic rings. The lowest BCUT2D eigenvalue weighted by atomic mass is 10.1. The van der Waals surface area contributed by atoms with E-state index in [9.17, 15) is 8.42 Å². The maximum absolute atomic E-state index is 11.3. The van der Waals surface area contributed by atoms with E-state index in [-0.39, 0.29) is 4.90 Å². The highest BCUT2D eigenvalue weighted by atomic mass is 32.2. The second kappa shape index (κ2) is 7.31. The number of quaternary nitrogens is 1. The van der Waals surface area contributed by atoms with Gasteiger partial charge in [-0.05, 0) is 29.8 Å². The first-order valence-electron chi connectivity index (χ1n) is 9.09. The molecule has 28 heavy (non-hydrogen) atoms. The molecular formula is C20H21N4O3S+. The molecule has 2 heterocycles. The molecule has 144 valence electrons. The fourth-order valence-electron chi connectivity index (χ4n) is 3.18. The summed E-state index contributed by atoms with van der Waals surface area (Å²) in [5.41, 5.74) is 3.36. The Labute approximate surface area is 162 Å². The van der Waals surface area contributed by atoms with E-state index in [2.05, 4.69) is 9.97 Å². The van der Waals surface area contributed by atoms with Gasteiger partial charge in [0.2, 0.25) is 15.6 Å². The molecule has 4 N–H and O–H groups in total. The van der Waals surface area contributed by atoms with Gasteiger partial charge in [0.1, 0.15) is 16.9 Å². The molecular weight excluding hydrogens is 376 g/mol. The number of fused-ring (bicyclic) bond motifs is 3. The summed E-state index contributed by atoms with van der Waals surface area (Å²) in [4.78, 5) is 9.40. The number of furan rings is 1. The maximum Gasteiger partial charge on any atom is 0.272 e. The molecule has 2 aromatic carbocycles. The molecule has 0 atom stereocenters. The van der Waals surface area contributed by atoms with Crippen LogP contribution in [0.25, 0.3) is 22.1 Å². The van der Waals surface area contributed by atoms with Crippen molar-refractivity contribution in [2.45, 2.75) is 24.7 Å². The van der Waals surface area contributed by atoms with E-state index in [0.29, 0.717) is 5.58 Å². The molecule has 0 unspecified atom stereocenters. The summed E-state index contributed by atoms with van der Waals surface area (Å²) < 4.78 is 28.7. The van der Waals surface area contributed by atoms with Crippen molar-refractivity contribution in [2.75, 3.05) is 6.54 Å². The number of benzene rings is 2. The Morgan fingerprint density at radius 3 is 2.54 bits per heavy atom. The van der Waals surface area contributed by atoms with Crippen molar-refractivity contribution in [3.63, 3.8) is 0 Å². The van der Waals surface area contributed by atoms with Crippen LogP contribution in [0.4, 0.5) is 5.82 Å². The number of hydrogen-bond acceptors (Lipinski definition) is 5. The molecule has 0 saturated heterocycles. The highest BCUT2D eigenvalue weighted by Gasteiger charge is 2.17. The van der Waals surface area contributed by atoms with Crippen LogP contribution in [-0.2, 0) is 22.9 Å². The zero-order chi connectivity index (χ0) is 19.7. The van der Waals surface area contributed by atoms with Crippen LogP contribution < -0.4 is 10.5 Å². The standard InChI is InChI=1S/C20H20N4O3S/c1-2-17-23-18-15-5-3-4-6-16(15)27-19(18)20(24-17)22-12-11-13-7-9-14(10-8-13)28(21,25)26/h3-10H,2,11-12H2,1H3,(H2,21,25,26)(H,22,23,24)/p+1. The third-order valence-electron chi connectivity index (χ3n) is 4.63. The quantitative estimate of drug-likeness (QED) is 0.516. The molecule has 0 spiro atoms. The van der Waals surface area contributed by atoms with Crippen molar-refractivity contribution in [3.05, 3.63) is 59.9 Å². The van der Waals surface area contributed by atoms with Crippen LogP contribution in [0.2, 0.25) is 0 Å². The largest absolute Gasteiger partial charge is 0.446 e. The topological polar surface area (TPSA) is 116 Å². The molecule has 0 amide bonds. The van der Waals surface area contributed by atoms with Gasteiger partial charge in [0.15, 0.2) is 0 Å². The van der Waals surface area contributed by atoms with Gasteiger partial charge in [0.25, 0.3) is 5.82 Å². The van der Waals surface area contributed by atoms with E-state index in [0.717, 1.165) is 53.1 Å². The Morgan fingerprint density at radius 2 is 1.82 bits per heavy atom. The van der Waals surface area contributed by atoms with E-state index in [1.807, 2.05) is 36.5 Å². The second-order valence-electron chi connectivity index (χ2n) is 6.59. The Balaban J connectivity index is 1.57. The van der Waals surface area contributed by atoms with Crippen LogP contribution in [-0.4, -0.2) is 24.9 Å². The van der Waals surface area contributed by atoms with Crippen LogP contribution in [0.5, 0.6) is 0 Å². The minimum Gasteiger partial charge on any atom is -0.446 e. The van der Waals surface area contributed by atoms with Gasteiger partial charge in [-0.15, -0.1) is 0 Å². The van der Waals surface area contributed by atoms with E-state index < -0.39 is 10.0 Å². The van der Waals surface area contributed by atoms with E-state index >= 15 is 0 Å². The Hall–Kier alpha value is -2.81. The number of hydrogen-bond donors (Lipinski definition) is 2. The smallest absolute Gasteiger partial charge is 0.272 e. The second-order valence-corrected chi connectivity index (χ2v) is 8.15. The van der Waals surface area contributed by atoms with Crippen molar-refractivity contribution in [1.82, 2.24) is 9.97 Å². The van der Waals surface area contributed by atoms with Gasteiger partial charge >= 0.3 is 0 Å². The predicted octanol–water partition coefficient (Wildman–Crippen LogP) is 2.02. The molecule has 4 aromatic rings. The first-order valence-corrected chi connectivity index (χ1v) is 10.6. The fourth-order valence-corrected chi connectivity index (χ4v) is 3.69. The summed E-state index contributed by atoms with van der Waals surface area (Å²) in [7, 11) is -3.67. The first-order chi connectivity index (χ1) is 13.5. The van der Waals surface area contributed by atoms with Gasteiger partial charge in [-0.1, -0.05) is 31.2 Å². The van der Waals surface area contributed by atoms with Crippen molar-refractivity contribution in [3.8, 4) is 0 Å². The SMILES string of the molecule is CCc1nc([NH2+]CCc2ccc(S(N)(=O)=O)cc2)c2oc3ccccc3c2n1. The number of nitrogens with two attached hydrogens (primary N) is 2. The van der Waals surface area contributed by atoms with E-state index in [4.69, 9.17) is 9.56 Å². The molecule has 4 rings (SSSR count). The Kier molecular flexibility index (Phi) is 4.84. The Bertz CT molecular complexity index is 1250. The number of para-hydroxylation sites is 1. The van der Waals surface area contributed by atoms with Gasteiger partial charge in [0, 0.05) is 18.2 Å². The highest BCUT2D eigenvalue weighted by Crippen LogP contribution is 2.29. The lowest BCUT2D eigenvalue weighted by Crippen LogP contribution is -2.79. The highest BCUT2D eigenvalue weighted by molar-refractivity contribution is 7.89. The molecule has 0 radical (unpaired) electrons. The van der Waals surface area contributed by atoms with Crippen molar-refractivity contribution >= 4 is 37.9 Å². The lowest BCUT2D eigenvalue weighted by molar-refractivity contribution is -0.573. The summed E-state index contributed by atoms with van der Waals surface area (Å²) >= 11 is 0. The predicted molar refractivity (Wildman–Crippen MR) is 107 cm³/mol.